The zero-order valence-electron chi connectivity index (χ0n) is 9.77. The van der Waals surface area contributed by atoms with Gasteiger partial charge in [-0.1, -0.05) is 18.2 Å². The molecule has 0 aliphatic carbocycles. The van der Waals surface area contributed by atoms with Crippen LogP contribution < -0.4 is 10.5 Å². The third-order valence-corrected chi connectivity index (χ3v) is 3.17. The van der Waals surface area contributed by atoms with Crippen molar-refractivity contribution in [2.24, 2.45) is 5.73 Å². The Morgan fingerprint density at radius 1 is 1.33 bits per heavy atom. The summed E-state index contributed by atoms with van der Waals surface area (Å²) in [5.41, 5.74) is 8.87. The van der Waals surface area contributed by atoms with E-state index in [1.165, 1.54) is 12.3 Å². The predicted octanol–water partition coefficient (Wildman–Crippen LogP) is 2.20. The van der Waals surface area contributed by atoms with Crippen molar-refractivity contribution in [3.8, 4) is 5.75 Å². The average Bonchev–Trinajstić information content (AvgIpc) is 2.86. The molecule has 18 heavy (non-hydrogen) atoms. The molecule has 0 saturated heterocycles. The molecular formula is C14H13FN2O. The van der Waals surface area contributed by atoms with Crippen molar-refractivity contribution in [3.63, 3.8) is 0 Å². The fourth-order valence-electron chi connectivity index (χ4n) is 2.26. The van der Waals surface area contributed by atoms with Gasteiger partial charge in [0, 0.05) is 18.2 Å². The van der Waals surface area contributed by atoms with Crippen LogP contribution in [-0.4, -0.2) is 11.6 Å². The van der Waals surface area contributed by atoms with Crippen molar-refractivity contribution < 1.29 is 9.13 Å². The smallest absolute Gasteiger partial charge is 0.141 e. The molecule has 3 rings (SSSR count). The summed E-state index contributed by atoms with van der Waals surface area (Å²) in [6.45, 7) is 0.681. The highest BCUT2D eigenvalue weighted by molar-refractivity contribution is 5.48. The quantitative estimate of drug-likeness (QED) is 0.881. The molecule has 1 atom stereocenters. The van der Waals surface area contributed by atoms with Gasteiger partial charge in [0.1, 0.15) is 11.6 Å². The van der Waals surface area contributed by atoms with Crippen LogP contribution in [0.2, 0.25) is 0 Å². The lowest BCUT2D eigenvalue weighted by atomic mass is 9.98. The molecule has 0 saturated carbocycles. The lowest BCUT2D eigenvalue weighted by molar-refractivity contribution is 0.352. The molecule has 0 fully saturated rings. The van der Waals surface area contributed by atoms with Gasteiger partial charge < -0.3 is 10.5 Å². The number of aromatic nitrogens is 1. The minimum absolute atomic E-state index is 0.378. The molecule has 2 aromatic rings. The van der Waals surface area contributed by atoms with Crippen LogP contribution in [0, 0.1) is 5.82 Å². The summed E-state index contributed by atoms with van der Waals surface area (Å²) in [7, 11) is 0. The first kappa shape index (κ1) is 11.2. The number of fused-ring (bicyclic) bond motifs is 1. The van der Waals surface area contributed by atoms with Crippen molar-refractivity contribution in [2.75, 3.05) is 6.61 Å². The first-order valence-electron chi connectivity index (χ1n) is 5.86. The van der Waals surface area contributed by atoms with E-state index < -0.39 is 6.04 Å². The Bertz CT molecular complexity index is 586. The molecule has 0 spiro atoms. The molecule has 3 nitrogen and oxygen atoms in total. The van der Waals surface area contributed by atoms with Crippen LogP contribution in [-0.2, 0) is 6.42 Å². The van der Waals surface area contributed by atoms with Crippen molar-refractivity contribution in [3.05, 3.63) is 59.2 Å². The van der Waals surface area contributed by atoms with Gasteiger partial charge in [0.25, 0.3) is 0 Å². The fourth-order valence-corrected chi connectivity index (χ4v) is 2.26. The second-order valence-electron chi connectivity index (χ2n) is 4.35. The fraction of sp³-hybridized carbons (Fsp3) is 0.214. The summed E-state index contributed by atoms with van der Waals surface area (Å²) in [5, 5.41) is 0. The third-order valence-electron chi connectivity index (χ3n) is 3.17. The van der Waals surface area contributed by atoms with Crippen molar-refractivity contribution in [2.45, 2.75) is 12.5 Å². The predicted molar refractivity (Wildman–Crippen MR) is 65.9 cm³/mol. The van der Waals surface area contributed by atoms with E-state index in [4.69, 9.17) is 10.5 Å². The lowest BCUT2D eigenvalue weighted by Crippen LogP contribution is -2.13. The molecule has 1 aliphatic heterocycles. The Morgan fingerprint density at radius 3 is 3.06 bits per heavy atom. The molecular weight excluding hydrogens is 231 g/mol. The Morgan fingerprint density at radius 2 is 2.22 bits per heavy atom. The zero-order valence-corrected chi connectivity index (χ0v) is 9.77. The number of benzene rings is 1. The Kier molecular flexibility index (Phi) is 2.72. The van der Waals surface area contributed by atoms with Gasteiger partial charge in [-0.25, -0.2) is 4.39 Å². The molecule has 2 N–H and O–H groups in total. The number of ether oxygens (including phenoxy) is 1. The maximum absolute atomic E-state index is 13.2. The minimum atomic E-state index is -0.416. The van der Waals surface area contributed by atoms with Gasteiger partial charge in [0.05, 0.1) is 18.8 Å². The Hall–Kier alpha value is -1.94. The van der Waals surface area contributed by atoms with E-state index in [1.54, 1.807) is 6.20 Å². The average molecular weight is 244 g/mol. The van der Waals surface area contributed by atoms with Gasteiger partial charge in [-0.05, 0) is 17.2 Å². The number of nitrogens with zero attached hydrogens (tertiary/aromatic N) is 1. The van der Waals surface area contributed by atoms with Crippen molar-refractivity contribution >= 4 is 0 Å². The first-order valence-corrected chi connectivity index (χ1v) is 5.86. The molecule has 1 aromatic heterocycles. The maximum Gasteiger partial charge on any atom is 0.141 e. The van der Waals surface area contributed by atoms with E-state index in [0.717, 1.165) is 23.3 Å². The normalized spacial score (nSPS) is 15.0. The first-order chi connectivity index (χ1) is 8.75. The second-order valence-corrected chi connectivity index (χ2v) is 4.35. The lowest BCUT2D eigenvalue weighted by Gasteiger charge is -2.15. The molecule has 4 heteroatoms. The van der Waals surface area contributed by atoms with Gasteiger partial charge in [-0.2, -0.15) is 0 Å². The maximum atomic E-state index is 13.2. The topological polar surface area (TPSA) is 48.1 Å². The van der Waals surface area contributed by atoms with Crippen LogP contribution in [0.3, 0.4) is 0 Å². The van der Waals surface area contributed by atoms with E-state index in [2.05, 4.69) is 4.98 Å². The monoisotopic (exact) mass is 244 g/mol. The highest BCUT2D eigenvalue weighted by atomic mass is 19.1. The third kappa shape index (κ3) is 1.84. The SMILES string of the molecule is NC(c1cncc(F)c1)c1cccc2c1OCC2. The molecule has 0 radical (unpaired) electrons. The van der Waals surface area contributed by atoms with Crippen LogP contribution in [0.25, 0.3) is 0 Å². The summed E-state index contributed by atoms with van der Waals surface area (Å²) >= 11 is 0. The van der Waals surface area contributed by atoms with Crippen LogP contribution in [0.5, 0.6) is 5.75 Å². The summed E-state index contributed by atoms with van der Waals surface area (Å²) in [5.74, 6) is 0.464. The van der Waals surface area contributed by atoms with Crippen molar-refractivity contribution in [1.29, 1.82) is 0 Å². The number of nitrogens with two attached hydrogens (primary N) is 1. The van der Waals surface area contributed by atoms with Crippen LogP contribution in [0.1, 0.15) is 22.7 Å². The second kappa shape index (κ2) is 4.38. The highest BCUT2D eigenvalue weighted by Gasteiger charge is 2.21. The van der Waals surface area contributed by atoms with Crippen LogP contribution >= 0.6 is 0 Å². The van der Waals surface area contributed by atoms with Crippen LogP contribution in [0.4, 0.5) is 4.39 Å². The van der Waals surface area contributed by atoms with Gasteiger partial charge in [0.15, 0.2) is 0 Å². The van der Waals surface area contributed by atoms with Gasteiger partial charge in [0.2, 0.25) is 0 Å². The summed E-state index contributed by atoms with van der Waals surface area (Å²) < 4.78 is 18.8. The number of para-hydroxylation sites is 1. The molecule has 1 aromatic carbocycles. The Balaban J connectivity index is 2.03. The van der Waals surface area contributed by atoms with Crippen LogP contribution in [0.15, 0.2) is 36.7 Å². The van der Waals surface area contributed by atoms with Gasteiger partial charge in [-0.15, -0.1) is 0 Å². The zero-order chi connectivity index (χ0) is 12.5. The summed E-state index contributed by atoms with van der Waals surface area (Å²) in [4.78, 5) is 3.83. The highest BCUT2D eigenvalue weighted by Crippen LogP contribution is 2.34. The standard InChI is InChI=1S/C14H13FN2O/c15-11-6-10(7-17-8-11)13(16)12-3-1-2-9-4-5-18-14(9)12/h1-3,6-8,13H,4-5,16H2. The van der Waals surface area contributed by atoms with E-state index in [-0.39, 0.29) is 5.82 Å². The van der Waals surface area contributed by atoms with Gasteiger partial charge in [-0.3, -0.25) is 4.98 Å². The van der Waals surface area contributed by atoms with E-state index in [0.29, 0.717) is 12.2 Å². The molecule has 2 heterocycles. The van der Waals surface area contributed by atoms with E-state index in [1.807, 2.05) is 18.2 Å². The number of rotatable bonds is 2. The number of pyridine rings is 1. The van der Waals surface area contributed by atoms with E-state index in [9.17, 15) is 4.39 Å². The molecule has 92 valence electrons. The largest absolute Gasteiger partial charge is 0.493 e. The molecule has 1 aliphatic rings. The number of hydrogen-bond acceptors (Lipinski definition) is 3. The van der Waals surface area contributed by atoms with Gasteiger partial charge >= 0.3 is 0 Å². The number of halogens is 1. The van der Waals surface area contributed by atoms with Crippen molar-refractivity contribution in [1.82, 2.24) is 4.98 Å². The minimum Gasteiger partial charge on any atom is -0.493 e. The van der Waals surface area contributed by atoms with E-state index >= 15 is 0 Å². The number of hydrogen-bond donors (Lipinski definition) is 1. The molecule has 0 amide bonds. The molecule has 1 unspecified atom stereocenters. The summed E-state index contributed by atoms with van der Waals surface area (Å²) in [6.07, 6.45) is 3.65. The summed E-state index contributed by atoms with van der Waals surface area (Å²) in [6, 6.07) is 6.89. The molecule has 0 bridgehead atoms. The Labute approximate surface area is 104 Å².